The molecule has 2 aliphatic rings. The number of fused-ring (bicyclic) bond motifs is 1. The van der Waals surface area contributed by atoms with E-state index in [1.54, 1.807) is 24.7 Å². The van der Waals surface area contributed by atoms with E-state index in [9.17, 15) is 4.79 Å². The van der Waals surface area contributed by atoms with Gasteiger partial charge in [-0.2, -0.15) is 5.10 Å². The molecular formula is C19H26N6O2. The molecule has 1 unspecified atom stereocenters. The number of amides is 1. The molecule has 144 valence electrons. The van der Waals surface area contributed by atoms with Gasteiger partial charge in [0.05, 0.1) is 18.3 Å². The van der Waals surface area contributed by atoms with Crippen LogP contribution in [0.1, 0.15) is 31.4 Å². The standard InChI is InChI=1S/C19H26N6O2/c26-18(14-27-17-4-1-2-5-17)24-11-15(10-22-19-20-7-3-8-21-19)12-25-16(13-24)6-9-23-25/h3,6-9,15,17H,1-2,4-5,10-14H2,(H,20,21,22). The lowest BCUT2D eigenvalue weighted by molar-refractivity contribution is -0.139. The molecule has 1 saturated carbocycles. The van der Waals surface area contributed by atoms with Gasteiger partial charge in [0, 0.05) is 44.1 Å². The van der Waals surface area contributed by atoms with Gasteiger partial charge < -0.3 is 15.0 Å². The highest BCUT2D eigenvalue weighted by atomic mass is 16.5. The number of hydrogen-bond acceptors (Lipinski definition) is 6. The minimum Gasteiger partial charge on any atom is -0.368 e. The lowest BCUT2D eigenvalue weighted by Gasteiger charge is -2.25. The Balaban J connectivity index is 1.39. The summed E-state index contributed by atoms with van der Waals surface area (Å²) in [6.45, 7) is 2.84. The van der Waals surface area contributed by atoms with Crippen LogP contribution in [0.4, 0.5) is 5.95 Å². The number of nitrogens with zero attached hydrogens (tertiary/aromatic N) is 5. The zero-order valence-corrected chi connectivity index (χ0v) is 15.5. The van der Waals surface area contributed by atoms with Crippen LogP contribution in [0.3, 0.4) is 0 Å². The average Bonchev–Trinajstić information content (AvgIpc) is 3.34. The first-order chi connectivity index (χ1) is 13.3. The zero-order valence-electron chi connectivity index (χ0n) is 15.5. The Kier molecular flexibility index (Phi) is 5.62. The van der Waals surface area contributed by atoms with Gasteiger partial charge in [-0.25, -0.2) is 9.97 Å². The second-order valence-corrected chi connectivity index (χ2v) is 7.32. The van der Waals surface area contributed by atoms with Crippen molar-refractivity contribution in [3.63, 3.8) is 0 Å². The molecule has 8 nitrogen and oxygen atoms in total. The molecule has 2 aromatic rings. The molecule has 8 heteroatoms. The predicted molar refractivity (Wildman–Crippen MR) is 99.9 cm³/mol. The lowest BCUT2D eigenvalue weighted by atomic mass is 10.1. The fourth-order valence-electron chi connectivity index (χ4n) is 3.81. The topological polar surface area (TPSA) is 85.2 Å². The van der Waals surface area contributed by atoms with Crippen LogP contribution in [0.15, 0.2) is 30.7 Å². The second-order valence-electron chi connectivity index (χ2n) is 7.32. The Bertz CT molecular complexity index is 744. The van der Waals surface area contributed by atoms with Crippen LogP contribution >= 0.6 is 0 Å². The van der Waals surface area contributed by atoms with Crippen LogP contribution in [-0.2, 0) is 22.6 Å². The molecule has 1 atom stereocenters. The monoisotopic (exact) mass is 370 g/mol. The quantitative estimate of drug-likeness (QED) is 0.833. The van der Waals surface area contributed by atoms with E-state index < -0.39 is 0 Å². The van der Waals surface area contributed by atoms with Crippen LogP contribution < -0.4 is 5.32 Å². The van der Waals surface area contributed by atoms with Gasteiger partial charge in [-0.15, -0.1) is 0 Å². The van der Waals surface area contributed by atoms with Crippen LogP contribution in [0.25, 0.3) is 0 Å². The van der Waals surface area contributed by atoms with Crippen LogP contribution in [0.2, 0.25) is 0 Å². The first-order valence-electron chi connectivity index (χ1n) is 9.69. The average molecular weight is 370 g/mol. The Labute approximate surface area is 158 Å². The van der Waals surface area contributed by atoms with Crippen LogP contribution in [0, 0.1) is 5.92 Å². The highest BCUT2D eigenvalue weighted by molar-refractivity contribution is 5.77. The van der Waals surface area contributed by atoms with Crippen molar-refractivity contribution in [3.8, 4) is 0 Å². The van der Waals surface area contributed by atoms with E-state index in [1.165, 1.54) is 12.8 Å². The van der Waals surface area contributed by atoms with E-state index in [4.69, 9.17) is 4.74 Å². The summed E-state index contributed by atoms with van der Waals surface area (Å²) in [6.07, 6.45) is 10.0. The van der Waals surface area contributed by atoms with E-state index >= 15 is 0 Å². The van der Waals surface area contributed by atoms with E-state index in [2.05, 4.69) is 20.4 Å². The molecule has 1 aliphatic heterocycles. The molecule has 1 N–H and O–H groups in total. The summed E-state index contributed by atoms with van der Waals surface area (Å²) in [5.41, 5.74) is 1.06. The third-order valence-corrected chi connectivity index (χ3v) is 5.28. The number of anilines is 1. The van der Waals surface area contributed by atoms with Gasteiger partial charge in [-0.1, -0.05) is 12.8 Å². The van der Waals surface area contributed by atoms with E-state index in [0.29, 0.717) is 25.6 Å². The largest absolute Gasteiger partial charge is 0.368 e. The molecule has 0 spiro atoms. The minimum absolute atomic E-state index is 0.0533. The summed E-state index contributed by atoms with van der Waals surface area (Å²) in [5, 5.41) is 7.68. The van der Waals surface area contributed by atoms with Crippen molar-refractivity contribution < 1.29 is 9.53 Å². The van der Waals surface area contributed by atoms with E-state index in [1.807, 2.05) is 15.6 Å². The van der Waals surface area contributed by atoms with E-state index in [0.717, 1.165) is 25.1 Å². The molecule has 1 fully saturated rings. The number of carbonyl (C=O) groups is 1. The Morgan fingerprint density at radius 1 is 1.19 bits per heavy atom. The highest BCUT2D eigenvalue weighted by Gasteiger charge is 2.26. The Hall–Kier alpha value is -2.48. The number of aromatic nitrogens is 4. The van der Waals surface area contributed by atoms with Crippen molar-refractivity contribution in [3.05, 3.63) is 36.4 Å². The van der Waals surface area contributed by atoms with Crippen molar-refractivity contribution >= 4 is 11.9 Å². The van der Waals surface area contributed by atoms with E-state index in [-0.39, 0.29) is 24.5 Å². The van der Waals surface area contributed by atoms with Crippen molar-refractivity contribution in [2.45, 2.75) is 44.9 Å². The molecule has 0 aromatic carbocycles. The molecule has 0 saturated heterocycles. The molecule has 0 radical (unpaired) electrons. The summed E-state index contributed by atoms with van der Waals surface area (Å²) < 4.78 is 7.83. The maximum atomic E-state index is 12.8. The molecule has 0 bridgehead atoms. The number of ether oxygens (including phenoxy) is 1. The second kappa shape index (κ2) is 8.47. The smallest absolute Gasteiger partial charge is 0.248 e. The van der Waals surface area contributed by atoms with Crippen LogP contribution in [-0.4, -0.2) is 56.4 Å². The van der Waals surface area contributed by atoms with Crippen molar-refractivity contribution in [1.29, 1.82) is 0 Å². The van der Waals surface area contributed by atoms with Gasteiger partial charge in [0.15, 0.2) is 0 Å². The van der Waals surface area contributed by atoms with Gasteiger partial charge in [0.2, 0.25) is 11.9 Å². The maximum absolute atomic E-state index is 12.8. The van der Waals surface area contributed by atoms with Crippen molar-refractivity contribution in [2.75, 3.05) is 25.0 Å². The van der Waals surface area contributed by atoms with Gasteiger partial charge >= 0.3 is 0 Å². The molecule has 27 heavy (non-hydrogen) atoms. The third-order valence-electron chi connectivity index (χ3n) is 5.28. The third kappa shape index (κ3) is 4.63. The van der Waals surface area contributed by atoms with Gasteiger partial charge in [-0.05, 0) is 25.0 Å². The summed E-state index contributed by atoms with van der Waals surface area (Å²) in [7, 11) is 0. The fraction of sp³-hybridized carbons (Fsp3) is 0.579. The Morgan fingerprint density at radius 3 is 2.81 bits per heavy atom. The fourth-order valence-corrected chi connectivity index (χ4v) is 3.81. The SMILES string of the molecule is O=C(COC1CCCC1)N1Cc2ccnn2CC(CNc2ncccn2)C1. The maximum Gasteiger partial charge on any atom is 0.248 e. The van der Waals surface area contributed by atoms with Gasteiger partial charge in [-0.3, -0.25) is 9.48 Å². The number of carbonyl (C=O) groups excluding carboxylic acids is 1. The molecule has 1 amide bonds. The summed E-state index contributed by atoms with van der Waals surface area (Å²) >= 11 is 0. The summed E-state index contributed by atoms with van der Waals surface area (Å²) in [5.74, 6) is 0.868. The molecular weight excluding hydrogens is 344 g/mol. The molecule has 4 rings (SSSR count). The highest BCUT2D eigenvalue weighted by Crippen LogP contribution is 2.21. The van der Waals surface area contributed by atoms with Gasteiger partial charge in [0.1, 0.15) is 6.61 Å². The normalized spacial score (nSPS) is 20.3. The molecule has 1 aliphatic carbocycles. The number of rotatable bonds is 6. The Morgan fingerprint density at radius 2 is 2.00 bits per heavy atom. The van der Waals surface area contributed by atoms with Gasteiger partial charge in [0.25, 0.3) is 0 Å². The van der Waals surface area contributed by atoms with Crippen LogP contribution in [0.5, 0.6) is 0 Å². The zero-order chi connectivity index (χ0) is 18.5. The summed E-state index contributed by atoms with van der Waals surface area (Å²) in [6, 6.07) is 3.77. The minimum atomic E-state index is 0.0533. The molecule has 3 heterocycles. The summed E-state index contributed by atoms with van der Waals surface area (Å²) in [4.78, 5) is 23.1. The number of hydrogen-bond donors (Lipinski definition) is 1. The molecule has 2 aromatic heterocycles. The first kappa shape index (κ1) is 17.9. The van der Waals surface area contributed by atoms with Crippen molar-refractivity contribution in [2.24, 2.45) is 5.92 Å². The predicted octanol–water partition coefficient (Wildman–Crippen LogP) is 1.70. The van der Waals surface area contributed by atoms with Crippen molar-refractivity contribution in [1.82, 2.24) is 24.6 Å². The first-order valence-corrected chi connectivity index (χ1v) is 9.69. The lowest BCUT2D eigenvalue weighted by Crippen LogP contribution is -2.38. The number of nitrogens with one attached hydrogen (secondary N) is 1.